The summed E-state index contributed by atoms with van der Waals surface area (Å²) < 4.78 is 18.7. The lowest BCUT2D eigenvalue weighted by Crippen LogP contribution is -2.45. The van der Waals surface area contributed by atoms with Crippen LogP contribution >= 0.6 is 11.6 Å². The number of carbonyl (C=O) groups excluding carboxylic acids is 2. The Hall–Kier alpha value is -2.99. The van der Waals surface area contributed by atoms with Crippen molar-refractivity contribution in [2.75, 3.05) is 38.2 Å². The SMILES string of the molecule is N#Cc1ccc(Cl)cc1NC(=O)C(=O)NC[C@@H](c1ccc(F)cc1)N1CCOCC1. The van der Waals surface area contributed by atoms with Crippen LogP contribution in [0.5, 0.6) is 0 Å². The summed E-state index contributed by atoms with van der Waals surface area (Å²) in [6.45, 7) is 2.56. The number of amides is 2. The van der Waals surface area contributed by atoms with Crippen LogP contribution in [0.1, 0.15) is 17.2 Å². The molecule has 0 spiro atoms. The zero-order valence-electron chi connectivity index (χ0n) is 16.0. The van der Waals surface area contributed by atoms with Crippen LogP contribution in [0.15, 0.2) is 42.5 Å². The number of anilines is 1. The van der Waals surface area contributed by atoms with Crippen LogP contribution in [0.3, 0.4) is 0 Å². The average Bonchev–Trinajstić information content (AvgIpc) is 2.76. The highest BCUT2D eigenvalue weighted by atomic mass is 35.5. The number of nitrogens with zero attached hydrogens (tertiary/aromatic N) is 2. The fraction of sp³-hybridized carbons (Fsp3) is 0.286. The summed E-state index contributed by atoms with van der Waals surface area (Å²) in [6, 6.07) is 12.1. The first kappa shape index (κ1) is 21.7. The Morgan fingerprint density at radius 2 is 1.87 bits per heavy atom. The number of halogens is 2. The van der Waals surface area contributed by atoms with Gasteiger partial charge in [-0.2, -0.15) is 5.26 Å². The van der Waals surface area contributed by atoms with Crippen molar-refractivity contribution in [3.8, 4) is 6.07 Å². The highest BCUT2D eigenvalue weighted by Crippen LogP contribution is 2.22. The number of ether oxygens (including phenoxy) is 1. The molecular weight excluding hydrogens is 411 g/mol. The Morgan fingerprint density at radius 3 is 2.53 bits per heavy atom. The van der Waals surface area contributed by atoms with Gasteiger partial charge < -0.3 is 15.4 Å². The topological polar surface area (TPSA) is 94.5 Å². The van der Waals surface area contributed by atoms with Gasteiger partial charge in [-0.1, -0.05) is 23.7 Å². The van der Waals surface area contributed by atoms with Crippen LogP contribution in [0.25, 0.3) is 0 Å². The molecule has 0 aromatic heterocycles. The number of morpholine rings is 1. The molecule has 3 rings (SSSR count). The van der Waals surface area contributed by atoms with Gasteiger partial charge in [-0.25, -0.2) is 4.39 Å². The Balaban J connectivity index is 1.68. The molecule has 0 unspecified atom stereocenters. The minimum Gasteiger partial charge on any atom is -0.379 e. The molecule has 7 nitrogen and oxygen atoms in total. The van der Waals surface area contributed by atoms with E-state index in [0.717, 1.165) is 5.56 Å². The second-order valence-electron chi connectivity index (χ2n) is 6.68. The van der Waals surface area contributed by atoms with Gasteiger partial charge in [0.05, 0.1) is 30.5 Å². The summed E-state index contributed by atoms with van der Waals surface area (Å²) in [7, 11) is 0. The molecule has 2 aromatic carbocycles. The van der Waals surface area contributed by atoms with Crippen molar-refractivity contribution in [2.24, 2.45) is 0 Å². The molecule has 0 saturated carbocycles. The number of rotatable bonds is 5. The van der Waals surface area contributed by atoms with E-state index in [4.69, 9.17) is 21.6 Å². The van der Waals surface area contributed by atoms with Crippen molar-refractivity contribution in [3.05, 3.63) is 64.4 Å². The summed E-state index contributed by atoms with van der Waals surface area (Å²) in [5.41, 5.74) is 1.17. The fourth-order valence-electron chi connectivity index (χ4n) is 3.20. The van der Waals surface area contributed by atoms with E-state index >= 15 is 0 Å². The molecule has 30 heavy (non-hydrogen) atoms. The maximum absolute atomic E-state index is 13.3. The van der Waals surface area contributed by atoms with Gasteiger partial charge in [0, 0.05) is 24.7 Å². The molecule has 1 aliphatic rings. The van der Waals surface area contributed by atoms with Gasteiger partial charge in [0.25, 0.3) is 0 Å². The molecule has 156 valence electrons. The smallest absolute Gasteiger partial charge is 0.313 e. The molecule has 1 atom stereocenters. The summed E-state index contributed by atoms with van der Waals surface area (Å²) >= 11 is 5.90. The van der Waals surface area contributed by atoms with Gasteiger partial charge in [-0.15, -0.1) is 0 Å². The highest BCUT2D eigenvalue weighted by molar-refractivity contribution is 6.40. The number of hydrogen-bond acceptors (Lipinski definition) is 5. The largest absolute Gasteiger partial charge is 0.379 e. The maximum Gasteiger partial charge on any atom is 0.313 e. The second-order valence-corrected chi connectivity index (χ2v) is 7.12. The number of nitrogens with one attached hydrogen (secondary N) is 2. The van der Waals surface area contributed by atoms with Crippen LogP contribution in [-0.2, 0) is 14.3 Å². The Labute approximate surface area is 178 Å². The van der Waals surface area contributed by atoms with E-state index in [1.807, 2.05) is 6.07 Å². The lowest BCUT2D eigenvalue weighted by Gasteiger charge is -2.34. The summed E-state index contributed by atoms with van der Waals surface area (Å²) in [5.74, 6) is -2.11. The maximum atomic E-state index is 13.3. The first-order chi connectivity index (χ1) is 14.5. The van der Waals surface area contributed by atoms with Crippen molar-refractivity contribution in [3.63, 3.8) is 0 Å². The molecule has 2 N–H and O–H groups in total. The van der Waals surface area contributed by atoms with Crippen molar-refractivity contribution in [1.82, 2.24) is 10.2 Å². The monoisotopic (exact) mass is 430 g/mol. The number of hydrogen-bond donors (Lipinski definition) is 2. The molecule has 1 heterocycles. The van der Waals surface area contributed by atoms with Gasteiger partial charge in [-0.05, 0) is 35.9 Å². The van der Waals surface area contributed by atoms with Crippen LogP contribution < -0.4 is 10.6 Å². The average molecular weight is 431 g/mol. The number of nitriles is 1. The zero-order valence-corrected chi connectivity index (χ0v) is 16.8. The third-order valence-corrected chi connectivity index (χ3v) is 4.99. The Kier molecular flexibility index (Phi) is 7.36. The number of benzene rings is 2. The first-order valence-electron chi connectivity index (χ1n) is 9.34. The third-order valence-electron chi connectivity index (χ3n) is 4.75. The van der Waals surface area contributed by atoms with Gasteiger partial charge >= 0.3 is 11.8 Å². The molecule has 2 aromatic rings. The molecule has 9 heteroatoms. The molecule has 0 aliphatic carbocycles. The molecule has 0 radical (unpaired) electrons. The number of carbonyl (C=O) groups is 2. The second kappa shape index (κ2) is 10.2. The fourth-order valence-corrected chi connectivity index (χ4v) is 3.37. The first-order valence-corrected chi connectivity index (χ1v) is 9.72. The van der Waals surface area contributed by atoms with E-state index < -0.39 is 11.8 Å². The molecule has 2 amide bonds. The van der Waals surface area contributed by atoms with Crippen molar-refractivity contribution in [1.29, 1.82) is 5.26 Å². The van der Waals surface area contributed by atoms with Crippen LogP contribution in [0.4, 0.5) is 10.1 Å². The quantitative estimate of drug-likeness (QED) is 0.711. The van der Waals surface area contributed by atoms with E-state index in [1.165, 1.54) is 30.3 Å². The lowest BCUT2D eigenvalue weighted by atomic mass is 10.0. The van der Waals surface area contributed by atoms with Crippen LogP contribution in [0, 0.1) is 17.1 Å². The third kappa shape index (κ3) is 5.54. The van der Waals surface area contributed by atoms with E-state index in [2.05, 4.69) is 15.5 Å². The summed E-state index contributed by atoms with van der Waals surface area (Å²) in [6.07, 6.45) is 0. The van der Waals surface area contributed by atoms with E-state index in [0.29, 0.717) is 31.3 Å². The minimum absolute atomic E-state index is 0.151. The van der Waals surface area contributed by atoms with Crippen molar-refractivity contribution in [2.45, 2.75) is 6.04 Å². The lowest BCUT2D eigenvalue weighted by molar-refractivity contribution is -0.136. The van der Waals surface area contributed by atoms with Crippen molar-refractivity contribution < 1.29 is 18.7 Å². The Morgan fingerprint density at radius 1 is 1.17 bits per heavy atom. The summed E-state index contributed by atoms with van der Waals surface area (Å²) in [4.78, 5) is 26.8. The molecule has 1 fully saturated rings. The minimum atomic E-state index is -0.909. The van der Waals surface area contributed by atoms with Gasteiger partial charge in [-0.3, -0.25) is 14.5 Å². The van der Waals surface area contributed by atoms with Gasteiger partial charge in [0.2, 0.25) is 0 Å². The molecule has 1 saturated heterocycles. The predicted molar refractivity (Wildman–Crippen MR) is 109 cm³/mol. The predicted octanol–water partition coefficient (Wildman–Crippen LogP) is 2.48. The molecule has 0 bridgehead atoms. The molecule has 1 aliphatic heterocycles. The van der Waals surface area contributed by atoms with E-state index in [1.54, 1.807) is 12.1 Å². The zero-order chi connectivity index (χ0) is 21.5. The van der Waals surface area contributed by atoms with E-state index in [-0.39, 0.29) is 29.7 Å². The van der Waals surface area contributed by atoms with Crippen LogP contribution in [0.2, 0.25) is 5.02 Å². The summed E-state index contributed by atoms with van der Waals surface area (Å²) in [5, 5.41) is 14.5. The van der Waals surface area contributed by atoms with Gasteiger partial charge in [0.15, 0.2) is 0 Å². The normalized spacial score (nSPS) is 15.1. The van der Waals surface area contributed by atoms with Crippen LogP contribution in [-0.4, -0.2) is 49.6 Å². The van der Waals surface area contributed by atoms with Crippen molar-refractivity contribution >= 4 is 29.1 Å². The Bertz CT molecular complexity index is 956. The van der Waals surface area contributed by atoms with E-state index in [9.17, 15) is 14.0 Å². The standard InChI is InChI=1S/C21H20ClFN4O3/c22-16-4-1-15(12-24)18(11-16)26-21(29)20(28)25-13-19(27-7-9-30-10-8-27)14-2-5-17(23)6-3-14/h1-6,11,19H,7-10,13H2,(H,25,28)(H,26,29)/t19-/m0/s1. The van der Waals surface area contributed by atoms with Gasteiger partial charge in [0.1, 0.15) is 11.9 Å². The molecular formula is C21H20ClFN4O3. The highest BCUT2D eigenvalue weighted by Gasteiger charge is 2.25.